The van der Waals surface area contributed by atoms with Crippen molar-refractivity contribution in [1.82, 2.24) is 19.5 Å². The molecule has 0 atom stereocenters. The van der Waals surface area contributed by atoms with Crippen molar-refractivity contribution < 1.29 is 0 Å². The number of rotatable bonds is 2. The van der Waals surface area contributed by atoms with Gasteiger partial charge < -0.3 is 10.2 Å². The molecule has 0 saturated heterocycles. The first-order valence-corrected chi connectivity index (χ1v) is 8.13. The van der Waals surface area contributed by atoms with Gasteiger partial charge in [0.2, 0.25) is 0 Å². The summed E-state index contributed by atoms with van der Waals surface area (Å²) in [5.74, 6) is 0.849. The van der Waals surface area contributed by atoms with Gasteiger partial charge in [-0.1, -0.05) is 0 Å². The van der Waals surface area contributed by atoms with Gasteiger partial charge in [0.25, 0.3) is 0 Å². The first kappa shape index (κ1) is 14.4. The van der Waals surface area contributed by atoms with Gasteiger partial charge in [-0.25, -0.2) is 15.0 Å². The van der Waals surface area contributed by atoms with Crippen LogP contribution in [0.15, 0.2) is 61.2 Å². The first-order valence-electron chi connectivity index (χ1n) is 8.13. The summed E-state index contributed by atoms with van der Waals surface area (Å²) in [6.07, 6.45) is 5.23. The molecule has 1 aliphatic rings. The Morgan fingerprint density at radius 3 is 2.77 bits per heavy atom. The lowest BCUT2D eigenvalue weighted by Gasteiger charge is -2.18. The Labute approximate surface area is 149 Å². The van der Waals surface area contributed by atoms with Crippen LogP contribution in [0.5, 0.6) is 0 Å². The maximum absolute atomic E-state index is 9.50. The normalized spacial score (nSPS) is 12.7. The molecule has 7 nitrogen and oxygen atoms in total. The zero-order valence-corrected chi connectivity index (χ0v) is 13.7. The summed E-state index contributed by atoms with van der Waals surface area (Å²) >= 11 is 0. The van der Waals surface area contributed by atoms with Crippen molar-refractivity contribution in [3.63, 3.8) is 0 Å². The predicted molar refractivity (Wildman–Crippen MR) is 98.4 cm³/mol. The number of anilines is 3. The Hall–Kier alpha value is -3.92. The van der Waals surface area contributed by atoms with Gasteiger partial charge in [-0.05, 0) is 42.5 Å². The van der Waals surface area contributed by atoms with Crippen LogP contribution in [0.25, 0.3) is 16.9 Å². The molecule has 7 heteroatoms. The summed E-state index contributed by atoms with van der Waals surface area (Å²) < 4.78 is 1.89. The molecule has 0 saturated carbocycles. The molecule has 0 radical (unpaired) electrons. The summed E-state index contributed by atoms with van der Waals surface area (Å²) in [6.45, 7) is 0.601. The lowest BCUT2D eigenvalue weighted by Crippen LogP contribution is -2.17. The molecule has 0 fully saturated rings. The average molecular weight is 339 g/mol. The molecule has 0 bridgehead atoms. The summed E-state index contributed by atoms with van der Waals surface area (Å²) in [7, 11) is 0. The van der Waals surface area contributed by atoms with Crippen LogP contribution in [0.4, 0.5) is 17.2 Å². The predicted octanol–water partition coefficient (Wildman–Crippen LogP) is 3.21. The first-order chi connectivity index (χ1) is 12.8. The molecule has 4 aromatic rings. The molecule has 0 amide bonds. The van der Waals surface area contributed by atoms with Crippen molar-refractivity contribution >= 4 is 28.4 Å². The largest absolute Gasteiger partial charge is 0.364 e. The molecule has 124 valence electrons. The fourth-order valence-corrected chi connectivity index (χ4v) is 3.20. The minimum Gasteiger partial charge on any atom is -0.364 e. The van der Waals surface area contributed by atoms with Gasteiger partial charge in [-0.15, -0.1) is 0 Å². The minimum absolute atomic E-state index is 0.569. The number of nitrogens with one attached hydrogen (secondary N) is 1. The molecule has 5 rings (SSSR count). The monoisotopic (exact) mass is 339 g/mol. The summed E-state index contributed by atoms with van der Waals surface area (Å²) in [4.78, 5) is 15.3. The maximum Gasteiger partial charge on any atom is 0.164 e. The van der Waals surface area contributed by atoms with E-state index >= 15 is 0 Å². The second kappa shape index (κ2) is 5.57. The zero-order chi connectivity index (χ0) is 17.5. The van der Waals surface area contributed by atoms with Gasteiger partial charge in [-0.3, -0.25) is 4.57 Å². The molecule has 4 heterocycles. The van der Waals surface area contributed by atoms with E-state index in [9.17, 15) is 5.26 Å². The Morgan fingerprint density at radius 2 is 1.85 bits per heavy atom. The number of hydrogen-bond acceptors (Lipinski definition) is 6. The van der Waals surface area contributed by atoms with Gasteiger partial charge >= 0.3 is 0 Å². The van der Waals surface area contributed by atoms with E-state index < -0.39 is 0 Å². The standard InChI is InChI=1S/C19H13N7/c20-10-13-7-14(25-11-23-16-3-1-5-21-18(16)25)9-15(8-13)26-12-24-17-4-2-6-22-19(17)26/h1-9,11,24H,12H2. The lowest BCUT2D eigenvalue weighted by atomic mass is 10.1. The van der Waals surface area contributed by atoms with E-state index in [-0.39, 0.29) is 0 Å². The molecule has 3 aromatic heterocycles. The van der Waals surface area contributed by atoms with Crippen LogP contribution >= 0.6 is 0 Å². The Balaban J connectivity index is 1.67. The van der Waals surface area contributed by atoms with Crippen LogP contribution in [-0.2, 0) is 0 Å². The molecular formula is C19H13N7. The van der Waals surface area contributed by atoms with E-state index in [0.29, 0.717) is 12.2 Å². The molecule has 26 heavy (non-hydrogen) atoms. The molecule has 0 spiro atoms. The SMILES string of the molecule is N#Cc1cc(N2CNc3cccnc32)cc(-n2cnc3cccnc32)c1. The van der Waals surface area contributed by atoms with Crippen molar-refractivity contribution in [2.24, 2.45) is 0 Å². The highest BCUT2D eigenvalue weighted by atomic mass is 15.3. The minimum atomic E-state index is 0.569. The lowest BCUT2D eigenvalue weighted by molar-refractivity contribution is 1.04. The molecule has 1 aliphatic heterocycles. The van der Waals surface area contributed by atoms with Gasteiger partial charge in [0.15, 0.2) is 11.5 Å². The summed E-state index contributed by atoms with van der Waals surface area (Å²) in [5, 5.41) is 12.8. The number of pyridine rings is 2. The third kappa shape index (κ3) is 2.17. The average Bonchev–Trinajstić information content (AvgIpc) is 3.32. The van der Waals surface area contributed by atoms with Gasteiger partial charge in [0.1, 0.15) is 11.8 Å². The second-order valence-electron chi connectivity index (χ2n) is 5.95. The Bertz CT molecular complexity index is 1170. The quantitative estimate of drug-likeness (QED) is 0.604. The smallest absolute Gasteiger partial charge is 0.164 e. The fraction of sp³-hybridized carbons (Fsp3) is 0.0526. The van der Waals surface area contributed by atoms with Gasteiger partial charge in [0.05, 0.1) is 29.7 Å². The zero-order valence-electron chi connectivity index (χ0n) is 13.7. The highest BCUT2D eigenvalue weighted by Gasteiger charge is 2.22. The molecule has 1 aromatic carbocycles. The van der Waals surface area contributed by atoms with E-state index in [2.05, 4.69) is 26.3 Å². The second-order valence-corrected chi connectivity index (χ2v) is 5.95. The van der Waals surface area contributed by atoms with Crippen LogP contribution in [0.1, 0.15) is 5.56 Å². The molecular weight excluding hydrogens is 326 g/mol. The maximum atomic E-state index is 9.50. The Kier molecular flexibility index (Phi) is 3.09. The van der Waals surface area contributed by atoms with Gasteiger partial charge in [-0.2, -0.15) is 5.26 Å². The van der Waals surface area contributed by atoms with Crippen molar-refractivity contribution in [3.05, 3.63) is 66.7 Å². The number of hydrogen-bond donors (Lipinski definition) is 1. The fourth-order valence-electron chi connectivity index (χ4n) is 3.20. The van der Waals surface area contributed by atoms with E-state index in [1.165, 1.54) is 0 Å². The summed E-state index contributed by atoms with van der Waals surface area (Å²) in [5.41, 5.74) is 4.84. The van der Waals surface area contributed by atoms with Crippen LogP contribution < -0.4 is 10.2 Å². The third-order valence-electron chi connectivity index (χ3n) is 4.40. The van der Waals surface area contributed by atoms with E-state index in [0.717, 1.165) is 34.0 Å². The highest BCUT2D eigenvalue weighted by molar-refractivity contribution is 5.80. The van der Waals surface area contributed by atoms with Crippen LogP contribution in [0.2, 0.25) is 0 Å². The number of nitriles is 1. The van der Waals surface area contributed by atoms with E-state index in [1.807, 2.05) is 51.9 Å². The summed E-state index contributed by atoms with van der Waals surface area (Å²) in [6, 6.07) is 15.6. The van der Waals surface area contributed by atoms with Crippen molar-refractivity contribution in [2.75, 3.05) is 16.9 Å². The topological polar surface area (TPSA) is 82.7 Å². The van der Waals surface area contributed by atoms with E-state index in [1.54, 1.807) is 18.7 Å². The van der Waals surface area contributed by atoms with Crippen LogP contribution in [0.3, 0.4) is 0 Å². The third-order valence-corrected chi connectivity index (χ3v) is 4.40. The highest BCUT2D eigenvalue weighted by Crippen LogP contribution is 2.36. The molecule has 0 unspecified atom stereocenters. The number of benzene rings is 1. The molecule has 1 N–H and O–H groups in total. The van der Waals surface area contributed by atoms with Crippen molar-refractivity contribution in [2.45, 2.75) is 0 Å². The number of nitrogens with zero attached hydrogens (tertiary/aromatic N) is 6. The van der Waals surface area contributed by atoms with Crippen LogP contribution in [0, 0.1) is 11.3 Å². The number of fused-ring (bicyclic) bond motifs is 2. The van der Waals surface area contributed by atoms with E-state index in [4.69, 9.17) is 0 Å². The van der Waals surface area contributed by atoms with Crippen molar-refractivity contribution in [1.29, 1.82) is 5.26 Å². The number of aromatic nitrogens is 4. The molecule has 0 aliphatic carbocycles. The van der Waals surface area contributed by atoms with Gasteiger partial charge in [0, 0.05) is 18.1 Å². The van der Waals surface area contributed by atoms with Crippen LogP contribution in [-0.4, -0.2) is 26.2 Å². The van der Waals surface area contributed by atoms with Crippen molar-refractivity contribution in [3.8, 4) is 11.8 Å². The number of imidazole rings is 1. The Morgan fingerprint density at radius 1 is 1.00 bits per heavy atom.